The van der Waals surface area contributed by atoms with Gasteiger partial charge in [-0.25, -0.2) is 0 Å². The van der Waals surface area contributed by atoms with Gasteiger partial charge in [-0.3, -0.25) is 4.21 Å². The number of carboxylic acid groups (broad SMARTS) is 1. The summed E-state index contributed by atoms with van der Waals surface area (Å²) in [4.78, 5) is 11.2. The summed E-state index contributed by atoms with van der Waals surface area (Å²) in [5.41, 5.74) is 0. The Balaban J connectivity index is 3.93. The fourth-order valence-corrected chi connectivity index (χ4v) is 3.21. The van der Waals surface area contributed by atoms with E-state index in [1.807, 2.05) is 12.2 Å². The molecule has 0 N–H and O–H groups in total. The van der Waals surface area contributed by atoms with Crippen molar-refractivity contribution in [2.24, 2.45) is 0 Å². The predicted molar refractivity (Wildman–Crippen MR) is 85.4 cm³/mol. The Labute approximate surface area is 131 Å². The van der Waals surface area contributed by atoms with Gasteiger partial charge in [0.1, 0.15) is 0 Å². The van der Waals surface area contributed by atoms with Gasteiger partial charge in [0.15, 0.2) is 0 Å². The SMILES string of the molecule is CCC(C/C=C/CCCCCCCOC)(C(=O)[O-])S(C)=O. The van der Waals surface area contributed by atoms with Crippen molar-refractivity contribution in [2.75, 3.05) is 20.0 Å². The number of allylic oxidation sites excluding steroid dienone is 2. The molecule has 0 aromatic carbocycles. The van der Waals surface area contributed by atoms with Crippen molar-refractivity contribution < 1.29 is 18.8 Å². The molecule has 0 amide bonds. The first kappa shape index (κ1) is 20.3. The van der Waals surface area contributed by atoms with E-state index in [-0.39, 0.29) is 6.42 Å². The third-order valence-electron chi connectivity index (χ3n) is 3.83. The highest BCUT2D eigenvalue weighted by Gasteiger charge is 2.33. The first-order valence-electron chi connectivity index (χ1n) is 7.70. The van der Waals surface area contributed by atoms with Crippen molar-refractivity contribution in [3.63, 3.8) is 0 Å². The lowest BCUT2D eigenvalue weighted by molar-refractivity contribution is -0.309. The molecule has 0 aromatic heterocycles. The maximum Gasteiger partial charge on any atom is 0.0880 e. The van der Waals surface area contributed by atoms with Crippen molar-refractivity contribution in [1.29, 1.82) is 0 Å². The molecule has 0 aliphatic carbocycles. The number of hydrogen-bond acceptors (Lipinski definition) is 4. The summed E-state index contributed by atoms with van der Waals surface area (Å²) in [6.07, 6.45) is 12.6. The van der Waals surface area contributed by atoms with E-state index in [1.54, 1.807) is 14.0 Å². The summed E-state index contributed by atoms with van der Waals surface area (Å²) >= 11 is 0. The summed E-state index contributed by atoms with van der Waals surface area (Å²) in [6, 6.07) is 0. The number of hydrogen-bond donors (Lipinski definition) is 0. The number of methoxy groups -OCH3 is 1. The second-order valence-corrected chi connectivity index (χ2v) is 7.00. The molecule has 124 valence electrons. The Hall–Kier alpha value is -0.680. The van der Waals surface area contributed by atoms with Gasteiger partial charge in [0, 0.05) is 30.8 Å². The van der Waals surface area contributed by atoms with Crippen molar-refractivity contribution in [1.82, 2.24) is 0 Å². The number of carboxylic acids is 1. The Morgan fingerprint density at radius 3 is 2.33 bits per heavy atom. The van der Waals surface area contributed by atoms with Crippen LogP contribution < -0.4 is 5.11 Å². The zero-order chi connectivity index (χ0) is 16.1. The molecule has 21 heavy (non-hydrogen) atoms. The van der Waals surface area contributed by atoms with E-state index in [9.17, 15) is 14.1 Å². The molecule has 0 saturated carbocycles. The van der Waals surface area contributed by atoms with Gasteiger partial charge in [0.25, 0.3) is 0 Å². The zero-order valence-electron chi connectivity index (χ0n) is 13.6. The van der Waals surface area contributed by atoms with Gasteiger partial charge in [0.05, 0.1) is 10.7 Å². The van der Waals surface area contributed by atoms with Gasteiger partial charge in [0.2, 0.25) is 0 Å². The highest BCUT2D eigenvalue weighted by atomic mass is 32.2. The first-order valence-corrected chi connectivity index (χ1v) is 9.26. The van der Waals surface area contributed by atoms with Crippen LogP contribution in [0.5, 0.6) is 0 Å². The van der Waals surface area contributed by atoms with Crippen LogP contribution in [0.25, 0.3) is 0 Å². The second-order valence-electron chi connectivity index (χ2n) is 5.31. The van der Waals surface area contributed by atoms with Crippen LogP contribution in [0.15, 0.2) is 12.2 Å². The average Bonchev–Trinajstić information content (AvgIpc) is 2.44. The Bertz CT molecular complexity index is 325. The van der Waals surface area contributed by atoms with E-state index in [2.05, 4.69) is 0 Å². The Kier molecular flexibility index (Phi) is 11.5. The molecule has 2 atom stereocenters. The standard InChI is InChI=1S/C16H30O4S/c1-4-16(15(17)18,21(3)19)13-11-9-7-5-6-8-10-12-14-20-2/h9,11H,4-8,10,12-14H2,1-3H3,(H,17,18)/p-1/b11-9+. The van der Waals surface area contributed by atoms with Crippen LogP contribution in [0.3, 0.4) is 0 Å². The molecule has 0 rings (SSSR count). The molecule has 0 spiro atoms. The van der Waals surface area contributed by atoms with E-state index in [0.29, 0.717) is 6.42 Å². The smallest absolute Gasteiger partial charge is 0.0880 e. The van der Waals surface area contributed by atoms with E-state index in [0.717, 1.165) is 25.9 Å². The molecule has 0 saturated heterocycles. The van der Waals surface area contributed by atoms with Crippen LogP contribution in [0.1, 0.15) is 58.3 Å². The van der Waals surface area contributed by atoms with E-state index in [4.69, 9.17) is 4.74 Å². The van der Waals surface area contributed by atoms with Gasteiger partial charge >= 0.3 is 0 Å². The van der Waals surface area contributed by atoms with E-state index < -0.39 is 21.5 Å². The molecule has 0 bridgehead atoms. The monoisotopic (exact) mass is 317 g/mol. The number of carbonyl (C=O) groups is 1. The van der Waals surface area contributed by atoms with Crippen LogP contribution in [0.4, 0.5) is 0 Å². The summed E-state index contributed by atoms with van der Waals surface area (Å²) in [6.45, 7) is 2.57. The average molecular weight is 317 g/mol. The van der Waals surface area contributed by atoms with Crippen molar-refractivity contribution in [2.45, 2.75) is 63.0 Å². The molecule has 0 aromatic rings. The van der Waals surface area contributed by atoms with E-state index in [1.165, 1.54) is 25.5 Å². The third kappa shape index (κ3) is 7.77. The maximum atomic E-state index is 11.7. The van der Waals surface area contributed by atoms with Gasteiger partial charge < -0.3 is 14.6 Å². The molecule has 0 aliphatic heterocycles. The minimum absolute atomic E-state index is 0.281. The third-order valence-corrected chi connectivity index (χ3v) is 5.55. The van der Waals surface area contributed by atoms with Crippen LogP contribution in [-0.2, 0) is 20.3 Å². The molecule has 2 unspecified atom stereocenters. The Morgan fingerprint density at radius 2 is 1.81 bits per heavy atom. The number of carbonyl (C=O) groups excluding carboxylic acids is 1. The van der Waals surface area contributed by atoms with Crippen LogP contribution in [-0.4, -0.2) is 34.9 Å². The maximum absolute atomic E-state index is 11.7. The quantitative estimate of drug-likeness (QED) is 0.386. The molecular weight excluding hydrogens is 288 g/mol. The lowest BCUT2D eigenvalue weighted by atomic mass is 10.0. The number of aliphatic carboxylic acids is 1. The number of unbranched alkanes of at least 4 members (excludes halogenated alkanes) is 5. The predicted octanol–water partition coefficient (Wildman–Crippen LogP) is 2.20. The molecule has 0 fully saturated rings. The fraction of sp³-hybridized carbons (Fsp3) is 0.812. The second kappa shape index (κ2) is 11.9. The molecule has 0 heterocycles. The van der Waals surface area contributed by atoms with Gasteiger partial charge in [-0.2, -0.15) is 0 Å². The van der Waals surface area contributed by atoms with Gasteiger partial charge in [-0.1, -0.05) is 38.3 Å². The zero-order valence-corrected chi connectivity index (χ0v) is 14.4. The highest BCUT2D eigenvalue weighted by molar-refractivity contribution is 7.86. The van der Waals surface area contributed by atoms with Gasteiger partial charge in [-0.05, 0) is 32.1 Å². The van der Waals surface area contributed by atoms with Crippen molar-refractivity contribution >= 4 is 16.8 Å². The summed E-state index contributed by atoms with van der Waals surface area (Å²) in [5.74, 6) is -1.21. The van der Waals surface area contributed by atoms with Crippen LogP contribution in [0.2, 0.25) is 0 Å². The summed E-state index contributed by atoms with van der Waals surface area (Å²) < 4.78 is 15.4. The van der Waals surface area contributed by atoms with Crippen molar-refractivity contribution in [3.8, 4) is 0 Å². The van der Waals surface area contributed by atoms with Crippen LogP contribution >= 0.6 is 0 Å². The molecule has 0 radical (unpaired) electrons. The molecular formula is C16H29O4S-. The minimum atomic E-state index is -1.43. The Morgan fingerprint density at radius 1 is 1.19 bits per heavy atom. The van der Waals surface area contributed by atoms with Crippen molar-refractivity contribution in [3.05, 3.63) is 12.2 Å². The molecule has 0 aliphatic rings. The number of ether oxygens (including phenoxy) is 1. The van der Waals surface area contributed by atoms with Gasteiger partial charge in [-0.15, -0.1) is 0 Å². The van der Waals surface area contributed by atoms with Crippen LogP contribution in [0, 0.1) is 0 Å². The van der Waals surface area contributed by atoms with E-state index >= 15 is 0 Å². The minimum Gasteiger partial charge on any atom is -0.549 e. The molecule has 5 heteroatoms. The summed E-state index contributed by atoms with van der Waals surface area (Å²) in [7, 11) is 0.288. The topological polar surface area (TPSA) is 66.4 Å². The first-order chi connectivity index (χ1) is 10.0. The number of rotatable bonds is 13. The largest absolute Gasteiger partial charge is 0.549 e. The lowest BCUT2D eigenvalue weighted by Crippen LogP contribution is -2.50. The summed E-state index contributed by atoms with van der Waals surface area (Å²) in [5, 5.41) is 11.2. The highest BCUT2D eigenvalue weighted by Crippen LogP contribution is 2.23. The molecule has 4 nitrogen and oxygen atoms in total. The lowest BCUT2D eigenvalue weighted by Gasteiger charge is -2.30. The fourth-order valence-electron chi connectivity index (χ4n) is 2.24. The normalized spacial score (nSPS) is 16.0.